The van der Waals surface area contributed by atoms with Crippen molar-refractivity contribution in [1.29, 1.82) is 0 Å². The Bertz CT molecular complexity index is 571. The largest absolute Gasteiger partial charge is 0.412 e. The number of hydrogen-bond donors (Lipinski definition) is 2. The predicted molar refractivity (Wildman–Crippen MR) is 75.7 cm³/mol. The van der Waals surface area contributed by atoms with Crippen LogP contribution in [0.15, 0.2) is 18.3 Å². The number of anilines is 1. The van der Waals surface area contributed by atoms with Crippen molar-refractivity contribution in [3.05, 3.63) is 35.0 Å². The average molecular weight is 286 g/mol. The van der Waals surface area contributed by atoms with Gasteiger partial charge in [0.1, 0.15) is 0 Å². The van der Waals surface area contributed by atoms with Crippen LogP contribution in [0.3, 0.4) is 0 Å². The van der Waals surface area contributed by atoms with Crippen LogP contribution in [-0.2, 0) is 9.09 Å². The van der Waals surface area contributed by atoms with E-state index in [-0.39, 0.29) is 5.48 Å². The van der Waals surface area contributed by atoms with Crippen LogP contribution >= 0.6 is 7.60 Å². The molecule has 0 radical (unpaired) electrons. The molecular formula is C12H19N2O4P. The van der Waals surface area contributed by atoms with Gasteiger partial charge in [0, 0.05) is 25.9 Å². The summed E-state index contributed by atoms with van der Waals surface area (Å²) in [6.07, 6.45) is 1.58. The van der Waals surface area contributed by atoms with Crippen LogP contribution in [-0.4, -0.2) is 29.5 Å². The van der Waals surface area contributed by atoms with Crippen LogP contribution in [0.1, 0.15) is 16.7 Å². The Labute approximate surface area is 112 Å². The minimum atomic E-state index is -3.77. The summed E-state index contributed by atoms with van der Waals surface area (Å²) in [5.41, 5.74) is 6.91. The lowest BCUT2D eigenvalue weighted by molar-refractivity contribution is 0.328. The van der Waals surface area contributed by atoms with E-state index in [0.717, 1.165) is 16.8 Å². The van der Waals surface area contributed by atoms with Gasteiger partial charge in [0.05, 0.1) is 11.0 Å². The molecule has 4 N–H and O–H groups in total. The van der Waals surface area contributed by atoms with E-state index in [1.807, 2.05) is 26.0 Å². The molecule has 1 aliphatic heterocycles. The maximum Gasteiger partial charge on any atom is 0.360 e. The third kappa shape index (κ3) is 2.67. The van der Waals surface area contributed by atoms with Crippen LogP contribution < -0.4 is 5.43 Å². The van der Waals surface area contributed by atoms with Crippen molar-refractivity contribution in [3.8, 4) is 0 Å². The molecule has 1 heterocycles. The molecule has 106 valence electrons. The number of nitrogens with zero attached hydrogens (tertiary/aromatic N) is 1. The summed E-state index contributed by atoms with van der Waals surface area (Å²) in [5, 5.41) is 1.97. The van der Waals surface area contributed by atoms with E-state index in [0.29, 0.717) is 10.9 Å². The fourth-order valence-electron chi connectivity index (χ4n) is 1.96. The molecule has 6 nitrogen and oxygen atoms in total. The Morgan fingerprint density at radius 2 is 2.00 bits per heavy atom. The monoisotopic (exact) mass is 286 g/mol. The van der Waals surface area contributed by atoms with Crippen LogP contribution in [0.25, 0.3) is 5.31 Å². The summed E-state index contributed by atoms with van der Waals surface area (Å²) < 4.78 is 16.8. The molecule has 1 atom stereocenters. The van der Waals surface area contributed by atoms with Crippen molar-refractivity contribution >= 4 is 18.6 Å². The van der Waals surface area contributed by atoms with E-state index in [4.69, 9.17) is 4.52 Å². The summed E-state index contributed by atoms with van der Waals surface area (Å²) in [6.45, 7) is 3.98. The summed E-state index contributed by atoms with van der Waals surface area (Å²) in [4.78, 5) is 9.88. The molecule has 0 aromatic heterocycles. The second kappa shape index (κ2) is 5.35. The molecule has 19 heavy (non-hydrogen) atoms. The minimum Gasteiger partial charge on any atom is -0.412 e. The van der Waals surface area contributed by atoms with Gasteiger partial charge in [-0.3, -0.25) is 15.0 Å². The lowest BCUT2D eigenvalue weighted by atomic mass is 10.0. The van der Waals surface area contributed by atoms with Gasteiger partial charge >= 0.3 is 7.60 Å². The highest BCUT2D eigenvalue weighted by Gasteiger charge is 2.31. The van der Waals surface area contributed by atoms with E-state index in [9.17, 15) is 9.46 Å². The Kier molecular flexibility index (Phi) is 4.43. The number of aryl methyl sites for hydroxylation is 1. The van der Waals surface area contributed by atoms with Gasteiger partial charge < -0.3 is 14.9 Å². The molecule has 7 heteroatoms. The van der Waals surface area contributed by atoms with E-state index in [2.05, 4.69) is 5.43 Å². The molecule has 0 saturated carbocycles. The normalized spacial score (nSPS) is 16.7. The van der Waals surface area contributed by atoms with Crippen molar-refractivity contribution < 1.29 is 19.5 Å². The van der Waals surface area contributed by atoms with Gasteiger partial charge in [-0.2, -0.15) is 0 Å². The van der Waals surface area contributed by atoms with Crippen molar-refractivity contribution in [2.24, 2.45) is 0 Å². The molecule has 0 bridgehead atoms. The van der Waals surface area contributed by atoms with E-state index in [1.165, 1.54) is 7.11 Å². The molecule has 1 aliphatic rings. The Morgan fingerprint density at radius 3 is 2.58 bits per heavy atom. The first-order valence-corrected chi connectivity index (χ1v) is 7.15. The molecule has 0 aliphatic carbocycles. The lowest BCUT2D eigenvalue weighted by Crippen LogP contribution is -2.25. The van der Waals surface area contributed by atoms with Crippen molar-refractivity contribution in [2.45, 2.75) is 13.8 Å². The zero-order valence-corrected chi connectivity index (χ0v) is 12.3. The fourth-order valence-corrected chi connectivity index (χ4v) is 2.97. The van der Waals surface area contributed by atoms with Gasteiger partial charge in [-0.25, -0.2) is 0 Å². The van der Waals surface area contributed by atoms with Crippen LogP contribution in [0.4, 0.5) is 5.69 Å². The summed E-state index contributed by atoms with van der Waals surface area (Å²) in [6, 6.07) is 3.77. The van der Waals surface area contributed by atoms with Crippen molar-refractivity contribution in [1.82, 2.24) is 5.01 Å². The highest BCUT2D eigenvalue weighted by molar-refractivity contribution is 7.64. The van der Waals surface area contributed by atoms with Crippen molar-refractivity contribution in [2.75, 3.05) is 19.6 Å². The SMILES string of the molecule is COP(=O)(O)C1=CN(C)Nc2c1ccc(C)c2C.O. The first kappa shape index (κ1) is 15.7. The molecule has 0 spiro atoms. The molecule has 2 rings (SSSR count). The second-order valence-corrected chi connectivity index (χ2v) is 6.26. The summed E-state index contributed by atoms with van der Waals surface area (Å²) in [5.74, 6) is 0. The third-order valence-corrected chi connectivity index (χ3v) is 4.63. The quantitative estimate of drug-likeness (QED) is 0.810. The summed E-state index contributed by atoms with van der Waals surface area (Å²) in [7, 11) is -0.755. The number of fused-ring (bicyclic) bond motifs is 1. The second-order valence-electron chi connectivity index (χ2n) is 4.37. The Morgan fingerprint density at radius 1 is 1.37 bits per heavy atom. The highest BCUT2D eigenvalue weighted by atomic mass is 31.2. The molecule has 1 unspecified atom stereocenters. The number of benzene rings is 1. The first-order chi connectivity index (χ1) is 8.36. The number of nitrogens with one attached hydrogen (secondary N) is 1. The predicted octanol–water partition coefficient (Wildman–Crippen LogP) is 1.88. The van der Waals surface area contributed by atoms with Gasteiger partial charge in [-0.05, 0) is 25.0 Å². The standard InChI is InChI=1S/C12H17N2O3P.H2O/c1-8-5-6-10-11(18(15,16)17-4)7-14(3)13-12(10)9(8)2;/h5-7,13H,1-4H3,(H,15,16);1H2. The van der Waals surface area contributed by atoms with Gasteiger partial charge in [0.2, 0.25) is 0 Å². The maximum absolute atomic E-state index is 12.1. The minimum absolute atomic E-state index is 0. The van der Waals surface area contributed by atoms with E-state index in [1.54, 1.807) is 18.3 Å². The molecular weight excluding hydrogens is 267 g/mol. The lowest BCUT2D eigenvalue weighted by Gasteiger charge is -2.30. The van der Waals surface area contributed by atoms with Gasteiger partial charge in [-0.15, -0.1) is 0 Å². The molecule has 0 amide bonds. The Balaban J connectivity index is 0.00000180. The third-order valence-electron chi connectivity index (χ3n) is 3.17. The zero-order valence-electron chi connectivity index (χ0n) is 11.4. The number of hydrazine groups is 1. The number of hydrogen-bond acceptors (Lipinski definition) is 4. The Hall–Kier alpha value is -1.33. The number of rotatable bonds is 2. The topological polar surface area (TPSA) is 93.3 Å². The molecule has 1 aromatic rings. The summed E-state index contributed by atoms with van der Waals surface area (Å²) >= 11 is 0. The van der Waals surface area contributed by atoms with Crippen LogP contribution in [0, 0.1) is 13.8 Å². The van der Waals surface area contributed by atoms with Crippen molar-refractivity contribution in [3.63, 3.8) is 0 Å². The van der Waals surface area contributed by atoms with Gasteiger partial charge in [0.25, 0.3) is 0 Å². The van der Waals surface area contributed by atoms with Crippen LogP contribution in [0.2, 0.25) is 0 Å². The zero-order chi connectivity index (χ0) is 13.5. The van der Waals surface area contributed by atoms with E-state index < -0.39 is 7.60 Å². The maximum atomic E-state index is 12.1. The van der Waals surface area contributed by atoms with Gasteiger partial charge in [-0.1, -0.05) is 12.1 Å². The highest BCUT2D eigenvalue weighted by Crippen LogP contribution is 2.58. The van der Waals surface area contributed by atoms with E-state index >= 15 is 0 Å². The van der Waals surface area contributed by atoms with Crippen LogP contribution in [0.5, 0.6) is 0 Å². The molecule has 1 aromatic carbocycles. The molecule has 0 saturated heterocycles. The fraction of sp³-hybridized carbons (Fsp3) is 0.333. The van der Waals surface area contributed by atoms with Gasteiger partial charge in [0.15, 0.2) is 0 Å². The molecule has 0 fully saturated rings. The first-order valence-electron chi connectivity index (χ1n) is 5.58. The average Bonchev–Trinajstić information content (AvgIpc) is 2.33. The smallest absolute Gasteiger partial charge is 0.360 e.